The summed E-state index contributed by atoms with van der Waals surface area (Å²) in [5.41, 5.74) is 7.04. The van der Waals surface area contributed by atoms with E-state index in [-0.39, 0.29) is 24.1 Å². The van der Waals surface area contributed by atoms with Crippen LogP contribution in [-0.2, 0) is 10.0 Å². The van der Waals surface area contributed by atoms with Crippen molar-refractivity contribution >= 4 is 15.7 Å². The van der Waals surface area contributed by atoms with Crippen LogP contribution in [0.5, 0.6) is 0 Å². The average molecular weight is 284 g/mol. The normalized spacial score (nSPS) is 16.6. The van der Waals surface area contributed by atoms with Crippen LogP contribution in [0.25, 0.3) is 0 Å². The van der Waals surface area contributed by atoms with Gasteiger partial charge >= 0.3 is 0 Å². The molecule has 1 aliphatic rings. The number of benzene rings is 1. The summed E-state index contributed by atoms with van der Waals surface area (Å²) in [6.07, 6.45) is 2.78. The van der Waals surface area contributed by atoms with Crippen molar-refractivity contribution in [2.24, 2.45) is 0 Å². The van der Waals surface area contributed by atoms with E-state index in [1.54, 1.807) is 19.1 Å². The predicted molar refractivity (Wildman–Crippen MR) is 74.2 cm³/mol. The van der Waals surface area contributed by atoms with Gasteiger partial charge in [-0.05, 0) is 43.5 Å². The molecule has 1 aliphatic carbocycles. The third kappa shape index (κ3) is 2.75. The largest absolute Gasteiger partial charge is 0.399 e. The molecule has 2 rings (SSSR count). The summed E-state index contributed by atoms with van der Waals surface area (Å²) in [5, 5.41) is 9.09. The first-order chi connectivity index (χ1) is 8.96. The first kappa shape index (κ1) is 14.3. The van der Waals surface area contributed by atoms with Gasteiger partial charge in [0.2, 0.25) is 10.0 Å². The molecule has 0 radical (unpaired) electrons. The highest BCUT2D eigenvalue weighted by molar-refractivity contribution is 7.89. The molecule has 1 saturated carbocycles. The SMILES string of the molecule is Cc1cc(S(=O)(=O)N(CCO)C2CCC2)ccc1N. The standard InChI is InChI=1S/C13H20N2O3S/c1-10-9-12(5-6-13(10)14)19(17,18)15(7-8-16)11-3-2-4-11/h5-6,9,11,16H,2-4,7-8,14H2,1H3. The van der Waals surface area contributed by atoms with Gasteiger partial charge in [0.15, 0.2) is 0 Å². The molecule has 0 unspecified atom stereocenters. The Morgan fingerprint density at radius 2 is 2.11 bits per heavy atom. The smallest absolute Gasteiger partial charge is 0.243 e. The van der Waals surface area contributed by atoms with E-state index in [9.17, 15) is 8.42 Å². The van der Waals surface area contributed by atoms with Crippen LogP contribution in [0.1, 0.15) is 24.8 Å². The maximum absolute atomic E-state index is 12.6. The van der Waals surface area contributed by atoms with Gasteiger partial charge in [-0.25, -0.2) is 8.42 Å². The number of nitrogens with two attached hydrogens (primary N) is 1. The minimum atomic E-state index is -3.54. The molecule has 3 N–H and O–H groups in total. The van der Waals surface area contributed by atoms with Crippen molar-refractivity contribution in [1.29, 1.82) is 0 Å². The van der Waals surface area contributed by atoms with E-state index in [2.05, 4.69) is 0 Å². The highest BCUT2D eigenvalue weighted by atomic mass is 32.2. The summed E-state index contributed by atoms with van der Waals surface area (Å²) < 4.78 is 26.6. The number of rotatable bonds is 5. The van der Waals surface area contributed by atoms with Crippen LogP contribution in [0.4, 0.5) is 5.69 Å². The number of hydrogen-bond acceptors (Lipinski definition) is 4. The Balaban J connectivity index is 2.35. The molecule has 1 aromatic rings. The van der Waals surface area contributed by atoms with E-state index in [4.69, 9.17) is 10.8 Å². The lowest BCUT2D eigenvalue weighted by molar-refractivity contribution is 0.178. The number of nitrogens with zero attached hydrogens (tertiary/aromatic N) is 1. The molecule has 0 heterocycles. The molecule has 0 atom stereocenters. The average Bonchev–Trinajstić information content (AvgIpc) is 2.29. The summed E-state index contributed by atoms with van der Waals surface area (Å²) in [7, 11) is -3.54. The Kier molecular flexibility index (Phi) is 4.13. The molecule has 19 heavy (non-hydrogen) atoms. The fraction of sp³-hybridized carbons (Fsp3) is 0.538. The van der Waals surface area contributed by atoms with Crippen molar-refractivity contribution in [2.45, 2.75) is 37.1 Å². The second-order valence-corrected chi connectivity index (χ2v) is 6.83. The fourth-order valence-corrected chi connectivity index (χ4v) is 3.98. The van der Waals surface area contributed by atoms with Crippen molar-refractivity contribution in [1.82, 2.24) is 4.31 Å². The Bertz CT molecular complexity index is 553. The Morgan fingerprint density at radius 1 is 1.42 bits per heavy atom. The lowest BCUT2D eigenvalue weighted by atomic mass is 9.93. The lowest BCUT2D eigenvalue weighted by Crippen LogP contribution is -2.45. The first-order valence-corrected chi connectivity index (χ1v) is 7.89. The number of hydrogen-bond donors (Lipinski definition) is 2. The Morgan fingerprint density at radius 3 is 2.58 bits per heavy atom. The third-order valence-electron chi connectivity index (χ3n) is 3.65. The maximum Gasteiger partial charge on any atom is 0.243 e. The van der Waals surface area contributed by atoms with Crippen molar-refractivity contribution in [3.8, 4) is 0 Å². The van der Waals surface area contributed by atoms with Gasteiger partial charge < -0.3 is 10.8 Å². The molecule has 0 saturated heterocycles. The van der Waals surface area contributed by atoms with E-state index < -0.39 is 10.0 Å². The van der Waals surface area contributed by atoms with E-state index in [0.29, 0.717) is 5.69 Å². The zero-order valence-electron chi connectivity index (χ0n) is 11.0. The fourth-order valence-electron chi connectivity index (χ4n) is 2.22. The molecule has 0 aromatic heterocycles. The first-order valence-electron chi connectivity index (χ1n) is 6.45. The number of aliphatic hydroxyl groups is 1. The molecular weight excluding hydrogens is 264 g/mol. The number of anilines is 1. The highest BCUT2D eigenvalue weighted by Gasteiger charge is 2.34. The maximum atomic E-state index is 12.6. The topological polar surface area (TPSA) is 83.6 Å². The predicted octanol–water partition coefficient (Wildman–Crippen LogP) is 1.11. The van der Waals surface area contributed by atoms with Gasteiger partial charge in [-0.1, -0.05) is 6.42 Å². The monoisotopic (exact) mass is 284 g/mol. The zero-order valence-corrected chi connectivity index (χ0v) is 11.9. The highest BCUT2D eigenvalue weighted by Crippen LogP contribution is 2.30. The van der Waals surface area contributed by atoms with Gasteiger partial charge in [0.1, 0.15) is 0 Å². The Labute approximate surface area is 114 Å². The van der Waals surface area contributed by atoms with Gasteiger partial charge in [0.05, 0.1) is 11.5 Å². The lowest BCUT2D eigenvalue weighted by Gasteiger charge is -2.36. The third-order valence-corrected chi connectivity index (χ3v) is 5.60. The zero-order chi connectivity index (χ0) is 14.0. The molecule has 0 aliphatic heterocycles. The number of sulfonamides is 1. The molecular formula is C13H20N2O3S. The minimum absolute atomic E-state index is 0.0232. The second-order valence-electron chi connectivity index (χ2n) is 4.94. The van der Waals surface area contributed by atoms with Gasteiger partial charge in [0.25, 0.3) is 0 Å². The van der Waals surface area contributed by atoms with Gasteiger partial charge in [-0.2, -0.15) is 4.31 Å². The van der Waals surface area contributed by atoms with Crippen LogP contribution in [0.15, 0.2) is 23.1 Å². The second kappa shape index (κ2) is 5.48. The van der Waals surface area contributed by atoms with E-state index in [0.717, 1.165) is 24.8 Å². The van der Waals surface area contributed by atoms with Crippen molar-refractivity contribution in [2.75, 3.05) is 18.9 Å². The van der Waals surface area contributed by atoms with Crippen molar-refractivity contribution < 1.29 is 13.5 Å². The van der Waals surface area contributed by atoms with Crippen LogP contribution in [0, 0.1) is 6.92 Å². The quantitative estimate of drug-likeness (QED) is 0.793. The van der Waals surface area contributed by atoms with Gasteiger partial charge in [-0.15, -0.1) is 0 Å². The van der Waals surface area contributed by atoms with E-state index >= 15 is 0 Å². The molecule has 6 heteroatoms. The summed E-state index contributed by atoms with van der Waals surface area (Å²) in [6, 6.07) is 4.75. The summed E-state index contributed by atoms with van der Waals surface area (Å²) in [6.45, 7) is 1.77. The van der Waals surface area contributed by atoms with Gasteiger partial charge in [0, 0.05) is 18.3 Å². The molecule has 1 aromatic carbocycles. The number of aryl methyl sites for hydroxylation is 1. The molecule has 106 valence electrons. The van der Waals surface area contributed by atoms with Crippen LogP contribution >= 0.6 is 0 Å². The van der Waals surface area contributed by atoms with Crippen LogP contribution in [-0.4, -0.2) is 37.0 Å². The van der Waals surface area contributed by atoms with Crippen LogP contribution < -0.4 is 5.73 Å². The van der Waals surface area contributed by atoms with Crippen LogP contribution in [0.3, 0.4) is 0 Å². The van der Waals surface area contributed by atoms with E-state index in [1.807, 2.05) is 0 Å². The van der Waals surface area contributed by atoms with Gasteiger partial charge in [-0.3, -0.25) is 0 Å². The number of nitrogen functional groups attached to an aromatic ring is 1. The summed E-state index contributed by atoms with van der Waals surface area (Å²) in [5.74, 6) is 0. The molecule has 1 fully saturated rings. The molecule has 0 bridgehead atoms. The Hall–Kier alpha value is -1.11. The summed E-state index contributed by atoms with van der Waals surface area (Å²) >= 11 is 0. The summed E-state index contributed by atoms with van der Waals surface area (Å²) in [4.78, 5) is 0.250. The van der Waals surface area contributed by atoms with Crippen molar-refractivity contribution in [3.05, 3.63) is 23.8 Å². The molecule has 0 amide bonds. The van der Waals surface area contributed by atoms with Crippen LogP contribution in [0.2, 0.25) is 0 Å². The minimum Gasteiger partial charge on any atom is -0.399 e. The van der Waals surface area contributed by atoms with Crippen molar-refractivity contribution in [3.63, 3.8) is 0 Å². The number of aliphatic hydroxyl groups excluding tert-OH is 1. The van der Waals surface area contributed by atoms with E-state index in [1.165, 1.54) is 10.4 Å². The molecule has 5 nitrogen and oxygen atoms in total. The molecule has 0 spiro atoms.